The molecule has 0 aromatic rings. The van der Waals surface area contributed by atoms with Crippen LogP contribution < -0.4 is 5.73 Å². The Morgan fingerprint density at radius 3 is 2.75 bits per heavy atom. The van der Waals surface area contributed by atoms with Gasteiger partial charge in [-0.2, -0.15) is 0 Å². The molecule has 70 valence electrons. The Kier molecular flexibility index (Phi) is 3.49. The molecule has 1 atom stereocenters. The zero-order valence-corrected chi connectivity index (χ0v) is 7.03. The molecule has 0 heterocycles. The van der Waals surface area contributed by atoms with E-state index in [4.69, 9.17) is 15.6 Å². The molecule has 4 heteroatoms. The molecular formula is C8H15NO3. The van der Waals surface area contributed by atoms with E-state index in [2.05, 4.69) is 0 Å². The molecule has 0 aromatic carbocycles. The van der Waals surface area contributed by atoms with Crippen molar-refractivity contribution in [3.8, 4) is 0 Å². The fraction of sp³-hybridized carbons (Fsp3) is 0.875. The maximum atomic E-state index is 11.0. The van der Waals surface area contributed by atoms with Crippen molar-refractivity contribution in [1.29, 1.82) is 0 Å². The average molecular weight is 173 g/mol. The highest BCUT2D eigenvalue weighted by molar-refractivity contribution is 5.74. The predicted molar refractivity (Wildman–Crippen MR) is 43.4 cm³/mol. The fourth-order valence-electron chi connectivity index (χ4n) is 1.01. The summed E-state index contributed by atoms with van der Waals surface area (Å²) in [6.45, 7) is 0.306. The maximum absolute atomic E-state index is 11.0. The van der Waals surface area contributed by atoms with E-state index in [1.165, 1.54) is 0 Å². The van der Waals surface area contributed by atoms with Gasteiger partial charge >= 0.3 is 5.97 Å². The minimum atomic E-state index is -1.03. The maximum Gasteiger partial charge on any atom is 0.335 e. The molecule has 1 rings (SSSR count). The van der Waals surface area contributed by atoms with Gasteiger partial charge < -0.3 is 15.6 Å². The smallest absolute Gasteiger partial charge is 0.335 e. The number of carbonyl (C=O) groups excluding carboxylic acids is 1. The van der Waals surface area contributed by atoms with E-state index in [0.29, 0.717) is 6.54 Å². The van der Waals surface area contributed by atoms with Gasteiger partial charge in [-0.05, 0) is 32.2 Å². The number of carbonyl (C=O) groups is 1. The zero-order chi connectivity index (χ0) is 8.97. The molecule has 0 radical (unpaired) electrons. The number of aliphatic hydroxyl groups is 1. The minimum absolute atomic E-state index is 0.0462. The van der Waals surface area contributed by atoms with Crippen LogP contribution in [-0.2, 0) is 9.53 Å². The molecule has 0 amide bonds. The summed E-state index contributed by atoms with van der Waals surface area (Å²) in [5, 5.41) is 9.13. The van der Waals surface area contributed by atoms with Crippen LogP contribution in [0, 0.1) is 0 Å². The number of hydrogen-bond donors (Lipinski definition) is 2. The summed E-state index contributed by atoms with van der Waals surface area (Å²) in [4.78, 5) is 11.0. The monoisotopic (exact) mass is 173 g/mol. The van der Waals surface area contributed by atoms with Gasteiger partial charge in [-0.25, -0.2) is 4.79 Å². The average Bonchev–Trinajstić information content (AvgIpc) is 1.97. The first-order chi connectivity index (χ1) is 5.74. The molecule has 3 N–H and O–H groups in total. The van der Waals surface area contributed by atoms with Crippen molar-refractivity contribution in [2.45, 2.75) is 37.9 Å². The number of esters is 1. The number of rotatable bonds is 4. The Hall–Kier alpha value is -0.610. The van der Waals surface area contributed by atoms with Crippen LogP contribution in [0.4, 0.5) is 0 Å². The van der Waals surface area contributed by atoms with Gasteiger partial charge in [-0.3, -0.25) is 0 Å². The van der Waals surface area contributed by atoms with E-state index >= 15 is 0 Å². The molecule has 0 spiro atoms. The molecule has 1 unspecified atom stereocenters. The summed E-state index contributed by atoms with van der Waals surface area (Å²) in [5.74, 6) is -0.523. The standard InChI is InChI=1S/C8H15NO3/c9-5-4-7(10)8(11)12-6-2-1-3-6/h6-7,10H,1-5,9H2. The van der Waals surface area contributed by atoms with E-state index in [1.807, 2.05) is 0 Å². The molecule has 0 aromatic heterocycles. The van der Waals surface area contributed by atoms with Crippen LogP contribution in [0.2, 0.25) is 0 Å². The van der Waals surface area contributed by atoms with Crippen LogP contribution in [0.3, 0.4) is 0 Å². The molecule has 0 bridgehead atoms. The molecule has 0 aliphatic heterocycles. The number of aliphatic hydroxyl groups excluding tert-OH is 1. The van der Waals surface area contributed by atoms with E-state index in [9.17, 15) is 4.79 Å². The zero-order valence-electron chi connectivity index (χ0n) is 7.03. The molecule has 12 heavy (non-hydrogen) atoms. The van der Waals surface area contributed by atoms with Crippen LogP contribution in [0.5, 0.6) is 0 Å². The van der Waals surface area contributed by atoms with Crippen molar-refractivity contribution in [3.05, 3.63) is 0 Å². The number of hydrogen-bond acceptors (Lipinski definition) is 4. The second-order valence-corrected chi connectivity index (χ2v) is 3.08. The lowest BCUT2D eigenvalue weighted by Crippen LogP contribution is -2.32. The highest BCUT2D eigenvalue weighted by atomic mass is 16.6. The fourth-order valence-corrected chi connectivity index (χ4v) is 1.01. The van der Waals surface area contributed by atoms with Crippen molar-refractivity contribution < 1.29 is 14.6 Å². The van der Waals surface area contributed by atoms with Gasteiger partial charge in [0.05, 0.1) is 0 Å². The van der Waals surface area contributed by atoms with Gasteiger partial charge in [0.25, 0.3) is 0 Å². The van der Waals surface area contributed by atoms with Crippen molar-refractivity contribution in [2.24, 2.45) is 5.73 Å². The molecule has 1 aliphatic rings. The third-order valence-electron chi connectivity index (χ3n) is 2.05. The van der Waals surface area contributed by atoms with Crippen molar-refractivity contribution in [3.63, 3.8) is 0 Å². The van der Waals surface area contributed by atoms with Crippen LogP contribution >= 0.6 is 0 Å². The Balaban J connectivity index is 2.16. The second-order valence-electron chi connectivity index (χ2n) is 3.08. The van der Waals surface area contributed by atoms with Crippen LogP contribution in [-0.4, -0.2) is 29.8 Å². The van der Waals surface area contributed by atoms with Gasteiger partial charge in [0.2, 0.25) is 0 Å². The van der Waals surface area contributed by atoms with Crippen LogP contribution in [0.1, 0.15) is 25.7 Å². The summed E-state index contributed by atoms with van der Waals surface area (Å²) in [7, 11) is 0. The van der Waals surface area contributed by atoms with E-state index in [1.54, 1.807) is 0 Å². The predicted octanol–water partition coefficient (Wildman–Crippen LogP) is -0.208. The molecule has 1 aliphatic carbocycles. The molecule has 0 saturated heterocycles. The largest absolute Gasteiger partial charge is 0.460 e. The lowest BCUT2D eigenvalue weighted by Gasteiger charge is -2.26. The third-order valence-corrected chi connectivity index (χ3v) is 2.05. The summed E-state index contributed by atoms with van der Waals surface area (Å²) in [6, 6.07) is 0. The first-order valence-corrected chi connectivity index (χ1v) is 4.32. The summed E-state index contributed by atoms with van der Waals surface area (Å²) in [6.07, 6.45) is 2.28. The molecule has 4 nitrogen and oxygen atoms in total. The minimum Gasteiger partial charge on any atom is -0.460 e. The summed E-state index contributed by atoms with van der Waals surface area (Å²) >= 11 is 0. The molecule has 1 saturated carbocycles. The van der Waals surface area contributed by atoms with E-state index in [0.717, 1.165) is 19.3 Å². The van der Waals surface area contributed by atoms with E-state index < -0.39 is 12.1 Å². The van der Waals surface area contributed by atoms with Crippen molar-refractivity contribution in [1.82, 2.24) is 0 Å². The Morgan fingerprint density at radius 1 is 1.67 bits per heavy atom. The van der Waals surface area contributed by atoms with Crippen LogP contribution in [0.15, 0.2) is 0 Å². The number of nitrogens with two attached hydrogens (primary N) is 1. The number of ether oxygens (including phenoxy) is 1. The van der Waals surface area contributed by atoms with Gasteiger partial charge in [0, 0.05) is 0 Å². The highest BCUT2D eigenvalue weighted by Crippen LogP contribution is 2.22. The SMILES string of the molecule is NCCC(O)C(=O)OC1CCC1. The van der Waals surface area contributed by atoms with Gasteiger partial charge in [0.15, 0.2) is 6.10 Å². The molecule has 1 fully saturated rings. The lowest BCUT2D eigenvalue weighted by atomic mass is 9.96. The van der Waals surface area contributed by atoms with Gasteiger partial charge in [0.1, 0.15) is 6.10 Å². The lowest BCUT2D eigenvalue weighted by molar-refractivity contribution is -0.163. The van der Waals surface area contributed by atoms with E-state index in [-0.39, 0.29) is 12.5 Å². The quantitative estimate of drug-likeness (QED) is 0.577. The topological polar surface area (TPSA) is 72.5 Å². The Bertz CT molecular complexity index is 156. The Labute approximate surface area is 71.7 Å². The summed E-state index contributed by atoms with van der Waals surface area (Å²) < 4.78 is 4.96. The normalized spacial score (nSPS) is 19.8. The van der Waals surface area contributed by atoms with Crippen molar-refractivity contribution >= 4 is 5.97 Å². The van der Waals surface area contributed by atoms with Gasteiger partial charge in [-0.1, -0.05) is 0 Å². The summed E-state index contributed by atoms with van der Waals surface area (Å²) in [5.41, 5.74) is 5.18. The Morgan fingerprint density at radius 2 is 2.33 bits per heavy atom. The van der Waals surface area contributed by atoms with Crippen LogP contribution in [0.25, 0.3) is 0 Å². The van der Waals surface area contributed by atoms with Gasteiger partial charge in [-0.15, -0.1) is 0 Å². The molecular weight excluding hydrogens is 158 g/mol. The highest BCUT2D eigenvalue weighted by Gasteiger charge is 2.24. The first-order valence-electron chi connectivity index (χ1n) is 4.32. The first kappa shape index (κ1) is 9.48. The third kappa shape index (κ3) is 2.46. The van der Waals surface area contributed by atoms with Crippen molar-refractivity contribution in [2.75, 3.05) is 6.54 Å². The second kappa shape index (κ2) is 4.42.